The van der Waals surface area contributed by atoms with Gasteiger partial charge in [0.2, 0.25) is 0 Å². The number of hydrogen-bond acceptors (Lipinski definition) is 3. The smallest absolute Gasteiger partial charge is 0.251 e. The van der Waals surface area contributed by atoms with Crippen LogP contribution in [0.15, 0.2) is 36.8 Å². The highest BCUT2D eigenvalue weighted by atomic mass is 16.1. The Hall–Kier alpha value is -2.30. The maximum Gasteiger partial charge on any atom is 0.251 e. The number of benzene rings is 1. The van der Waals surface area contributed by atoms with Crippen LogP contribution in [0.4, 0.5) is 5.69 Å². The zero-order chi connectivity index (χ0) is 13.7. The van der Waals surface area contributed by atoms with Crippen molar-refractivity contribution in [1.29, 1.82) is 0 Å². The molecule has 2 N–H and O–H groups in total. The van der Waals surface area contributed by atoms with E-state index in [9.17, 15) is 4.79 Å². The van der Waals surface area contributed by atoms with Crippen LogP contribution in [0.5, 0.6) is 0 Å². The number of rotatable bonds is 5. The van der Waals surface area contributed by atoms with Crippen molar-refractivity contribution in [3.05, 3.63) is 48.0 Å². The molecule has 0 atom stereocenters. The minimum atomic E-state index is -0.0511. The van der Waals surface area contributed by atoms with Gasteiger partial charge in [0.25, 0.3) is 5.91 Å². The van der Waals surface area contributed by atoms with Gasteiger partial charge in [-0.05, 0) is 24.3 Å². The number of imidazole rings is 1. The van der Waals surface area contributed by atoms with Gasteiger partial charge in [-0.2, -0.15) is 0 Å². The number of anilines is 1. The maximum atomic E-state index is 11.9. The Morgan fingerprint density at radius 1 is 1.32 bits per heavy atom. The van der Waals surface area contributed by atoms with Crippen molar-refractivity contribution in [3.8, 4) is 0 Å². The first-order valence-electron chi connectivity index (χ1n) is 6.19. The van der Waals surface area contributed by atoms with E-state index in [1.54, 1.807) is 12.5 Å². The van der Waals surface area contributed by atoms with Crippen LogP contribution in [-0.2, 0) is 6.42 Å². The SMILES string of the molecule is CN(C)c1ccc(C(=O)NCCc2cnc[nH]2)cc1. The summed E-state index contributed by atoms with van der Waals surface area (Å²) in [5.74, 6) is -0.0511. The van der Waals surface area contributed by atoms with Crippen LogP contribution in [0.2, 0.25) is 0 Å². The van der Waals surface area contributed by atoms with Crippen molar-refractivity contribution in [2.24, 2.45) is 0 Å². The molecule has 0 radical (unpaired) electrons. The molecule has 0 bridgehead atoms. The van der Waals surface area contributed by atoms with Crippen molar-refractivity contribution >= 4 is 11.6 Å². The fourth-order valence-corrected chi connectivity index (χ4v) is 1.75. The highest BCUT2D eigenvalue weighted by molar-refractivity contribution is 5.94. The number of aromatic amines is 1. The molecule has 19 heavy (non-hydrogen) atoms. The normalized spacial score (nSPS) is 10.2. The van der Waals surface area contributed by atoms with Crippen LogP contribution >= 0.6 is 0 Å². The topological polar surface area (TPSA) is 61.0 Å². The first kappa shape index (κ1) is 13.1. The van der Waals surface area contributed by atoms with Gasteiger partial charge in [0, 0.05) is 50.2 Å². The summed E-state index contributed by atoms with van der Waals surface area (Å²) in [7, 11) is 3.94. The van der Waals surface area contributed by atoms with Crippen LogP contribution in [0, 0.1) is 0 Å². The Balaban J connectivity index is 1.85. The van der Waals surface area contributed by atoms with E-state index in [4.69, 9.17) is 0 Å². The van der Waals surface area contributed by atoms with Gasteiger partial charge in [-0.15, -0.1) is 0 Å². The quantitative estimate of drug-likeness (QED) is 0.853. The zero-order valence-electron chi connectivity index (χ0n) is 11.2. The largest absolute Gasteiger partial charge is 0.378 e. The van der Waals surface area contributed by atoms with Crippen LogP contribution < -0.4 is 10.2 Å². The van der Waals surface area contributed by atoms with E-state index in [1.807, 2.05) is 43.3 Å². The Bertz CT molecular complexity index is 517. The van der Waals surface area contributed by atoms with Gasteiger partial charge in [-0.1, -0.05) is 0 Å². The average molecular weight is 258 g/mol. The number of nitrogens with zero attached hydrogens (tertiary/aromatic N) is 2. The fraction of sp³-hybridized carbons (Fsp3) is 0.286. The number of H-pyrrole nitrogens is 1. The summed E-state index contributed by atoms with van der Waals surface area (Å²) in [6, 6.07) is 7.54. The molecule has 0 spiro atoms. The van der Waals surface area contributed by atoms with Crippen molar-refractivity contribution in [1.82, 2.24) is 15.3 Å². The average Bonchev–Trinajstić information content (AvgIpc) is 2.92. The van der Waals surface area contributed by atoms with E-state index >= 15 is 0 Å². The molecule has 0 saturated heterocycles. The third-order valence-corrected chi connectivity index (χ3v) is 2.88. The Labute approximate surface area is 112 Å². The summed E-state index contributed by atoms with van der Waals surface area (Å²) in [4.78, 5) is 20.8. The van der Waals surface area contributed by atoms with E-state index in [-0.39, 0.29) is 5.91 Å². The van der Waals surface area contributed by atoms with Crippen molar-refractivity contribution in [2.45, 2.75) is 6.42 Å². The second-order valence-corrected chi connectivity index (χ2v) is 4.52. The molecule has 0 saturated carbocycles. The zero-order valence-corrected chi connectivity index (χ0v) is 11.2. The molecule has 0 aliphatic rings. The number of hydrogen-bond donors (Lipinski definition) is 2. The molecule has 0 fully saturated rings. The van der Waals surface area contributed by atoms with E-state index in [1.165, 1.54) is 0 Å². The molecule has 0 unspecified atom stereocenters. The minimum absolute atomic E-state index is 0.0511. The lowest BCUT2D eigenvalue weighted by Gasteiger charge is -2.12. The van der Waals surface area contributed by atoms with Crippen LogP contribution in [0.3, 0.4) is 0 Å². The molecule has 0 aliphatic heterocycles. The predicted molar refractivity (Wildman–Crippen MR) is 75.4 cm³/mol. The Morgan fingerprint density at radius 2 is 2.05 bits per heavy atom. The highest BCUT2D eigenvalue weighted by Crippen LogP contribution is 2.11. The molecule has 2 rings (SSSR count). The third kappa shape index (κ3) is 3.58. The molecule has 0 aliphatic carbocycles. The molecular formula is C14H18N4O. The molecule has 2 aromatic rings. The molecular weight excluding hydrogens is 240 g/mol. The van der Waals surface area contributed by atoms with Gasteiger partial charge >= 0.3 is 0 Å². The fourth-order valence-electron chi connectivity index (χ4n) is 1.75. The maximum absolute atomic E-state index is 11.9. The number of amides is 1. The standard InChI is InChI=1S/C14H18N4O/c1-18(2)13-5-3-11(4-6-13)14(19)16-8-7-12-9-15-10-17-12/h3-6,9-10H,7-8H2,1-2H3,(H,15,17)(H,16,19). The molecule has 5 nitrogen and oxygen atoms in total. The molecule has 100 valence electrons. The number of aromatic nitrogens is 2. The Kier molecular flexibility index (Phi) is 4.18. The van der Waals surface area contributed by atoms with E-state index in [0.29, 0.717) is 12.1 Å². The van der Waals surface area contributed by atoms with E-state index in [2.05, 4.69) is 15.3 Å². The van der Waals surface area contributed by atoms with E-state index in [0.717, 1.165) is 17.8 Å². The summed E-state index contributed by atoms with van der Waals surface area (Å²) in [5.41, 5.74) is 2.77. The van der Waals surface area contributed by atoms with Gasteiger partial charge in [0.05, 0.1) is 6.33 Å². The summed E-state index contributed by atoms with van der Waals surface area (Å²) in [6.45, 7) is 0.594. The van der Waals surface area contributed by atoms with Crippen LogP contribution in [-0.4, -0.2) is 36.5 Å². The van der Waals surface area contributed by atoms with Crippen LogP contribution in [0.1, 0.15) is 16.1 Å². The van der Waals surface area contributed by atoms with Gasteiger partial charge in [0.15, 0.2) is 0 Å². The van der Waals surface area contributed by atoms with Gasteiger partial charge < -0.3 is 15.2 Å². The molecule has 1 aromatic heterocycles. The predicted octanol–water partition coefficient (Wildman–Crippen LogP) is 1.45. The highest BCUT2D eigenvalue weighted by Gasteiger charge is 2.05. The third-order valence-electron chi connectivity index (χ3n) is 2.88. The summed E-state index contributed by atoms with van der Waals surface area (Å²) >= 11 is 0. The number of nitrogens with one attached hydrogen (secondary N) is 2. The molecule has 1 aromatic carbocycles. The van der Waals surface area contributed by atoms with Crippen molar-refractivity contribution < 1.29 is 4.79 Å². The second-order valence-electron chi connectivity index (χ2n) is 4.52. The molecule has 1 amide bonds. The van der Waals surface area contributed by atoms with Gasteiger partial charge in [0.1, 0.15) is 0 Å². The minimum Gasteiger partial charge on any atom is -0.378 e. The molecule has 1 heterocycles. The summed E-state index contributed by atoms with van der Waals surface area (Å²) in [5, 5.41) is 2.89. The Morgan fingerprint density at radius 3 is 2.63 bits per heavy atom. The lowest BCUT2D eigenvalue weighted by molar-refractivity contribution is 0.0954. The summed E-state index contributed by atoms with van der Waals surface area (Å²) < 4.78 is 0. The van der Waals surface area contributed by atoms with Crippen molar-refractivity contribution in [2.75, 3.05) is 25.5 Å². The monoisotopic (exact) mass is 258 g/mol. The molecule has 5 heteroatoms. The van der Waals surface area contributed by atoms with Crippen LogP contribution in [0.25, 0.3) is 0 Å². The second kappa shape index (κ2) is 6.04. The first-order valence-corrected chi connectivity index (χ1v) is 6.19. The number of carbonyl (C=O) groups is 1. The lowest BCUT2D eigenvalue weighted by Crippen LogP contribution is -2.25. The van der Waals surface area contributed by atoms with Gasteiger partial charge in [-0.25, -0.2) is 4.98 Å². The van der Waals surface area contributed by atoms with Crippen molar-refractivity contribution in [3.63, 3.8) is 0 Å². The number of carbonyl (C=O) groups excluding carboxylic acids is 1. The summed E-state index contributed by atoms with van der Waals surface area (Å²) in [6.07, 6.45) is 4.15. The van der Waals surface area contributed by atoms with E-state index < -0.39 is 0 Å². The lowest BCUT2D eigenvalue weighted by atomic mass is 10.2. The first-order chi connectivity index (χ1) is 9.16. The van der Waals surface area contributed by atoms with Gasteiger partial charge in [-0.3, -0.25) is 4.79 Å².